The van der Waals surface area contributed by atoms with Crippen LogP contribution in [0.5, 0.6) is 0 Å². The minimum absolute atomic E-state index is 0.0226. The van der Waals surface area contributed by atoms with Crippen LogP contribution in [0.1, 0.15) is 64.6 Å². The van der Waals surface area contributed by atoms with Crippen molar-refractivity contribution in [3.05, 3.63) is 101 Å². The lowest BCUT2D eigenvalue weighted by molar-refractivity contribution is -0.140. The molecule has 0 bridgehead atoms. The molecule has 3 aromatic rings. The molecule has 0 saturated heterocycles. The molecule has 1 heterocycles. The fourth-order valence-electron chi connectivity index (χ4n) is 4.47. The van der Waals surface area contributed by atoms with Crippen molar-refractivity contribution in [3.63, 3.8) is 0 Å². The summed E-state index contributed by atoms with van der Waals surface area (Å²) in [5.74, 6) is -0.859. The largest absolute Gasteiger partial charge is 0.467 e. The molecule has 0 amide bonds. The van der Waals surface area contributed by atoms with Crippen LogP contribution in [0.25, 0.3) is 0 Å². The standard InChI is InChI=1S/C29H29NO5/c1-3-34-29(35-4-2)22-13-8-12-21(16-22)25(18-33-19-31)23-14-9-15-26-27(23)28(32)24(17-30-26)20-10-6-5-7-11-20/h5-17,19,24-25,29H,3-4,18H2,1-2H3. The summed E-state index contributed by atoms with van der Waals surface area (Å²) in [6.07, 6.45) is 1.20. The Bertz CT molecular complexity index is 1180. The summed E-state index contributed by atoms with van der Waals surface area (Å²) in [5, 5.41) is 0. The van der Waals surface area contributed by atoms with Gasteiger partial charge in [0.25, 0.3) is 6.47 Å². The van der Waals surface area contributed by atoms with E-state index in [0.717, 1.165) is 22.3 Å². The topological polar surface area (TPSA) is 74.2 Å². The summed E-state index contributed by atoms with van der Waals surface area (Å²) in [6.45, 7) is 5.37. The molecule has 6 heteroatoms. The normalized spacial score (nSPS) is 15.6. The molecule has 0 radical (unpaired) electrons. The fourth-order valence-corrected chi connectivity index (χ4v) is 4.47. The van der Waals surface area contributed by atoms with Gasteiger partial charge in [-0.05, 0) is 42.7 Å². The number of hydrogen-bond donors (Lipinski definition) is 0. The zero-order valence-electron chi connectivity index (χ0n) is 19.9. The maximum atomic E-state index is 13.8. The van der Waals surface area contributed by atoms with Crippen LogP contribution >= 0.6 is 0 Å². The molecule has 0 aliphatic carbocycles. The maximum absolute atomic E-state index is 13.8. The van der Waals surface area contributed by atoms with Gasteiger partial charge in [-0.15, -0.1) is 0 Å². The van der Waals surface area contributed by atoms with E-state index >= 15 is 0 Å². The van der Waals surface area contributed by atoms with Crippen molar-refractivity contribution < 1.29 is 23.8 Å². The first-order chi connectivity index (χ1) is 17.2. The average molecular weight is 472 g/mol. The highest BCUT2D eigenvalue weighted by Crippen LogP contribution is 2.39. The third-order valence-electron chi connectivity index (χ3n) is 6.05. The molecule has 0 saturated carbocycles. The Labute approximate surface area is 205 Å². The maximum Gasteiger partial charge on any atom is 0.293 e. The number of hydrogen-bond acceptors (Lipinski definition) is 6. The highest BCUT2D eigenvalue weighted by atomic mass is 16.7. The predicted molar refractivity (Wildman–Crippen MR) is 134 cm³/mol. The van der Waals surface area contributed by atoms with E-state index in [1.807, 2.05) is 86.6 Å². The van der Waals surface area contributed by atoms with E-state index in [-0.39, 0.29) is 18.3 Å². The van der Waals surface area contributed by atoms with Crippen LogP contribution in [0.3, 0.4) is 0 Å². The lowest BCUT2D eigenvalue weighted by Gasteiger charge is -2.26. The third-order valence-corrected chi connectivity index (χ3v) is 6.05. The Morgan fingerprint density at radius 1 is 0.914 bits per heavy atom. The highest BCUT2D eigenvalue weighted by molar-refractivity contribution is 6.16. The number of nitrogens with zero attached hydrogens (tertiary/aromatic N) is 1. The van der Waals surface area contributed by atoms with Crippen LogP contribution in [-0.2, 0) is 19.0 Å². The lowest BCUT2D eigenvalue weighted by atomic mass is 9.81. The number of ether oxygens (including phenoxy) is 3. The molecule has 35 heavy (non-hydrogen) atoms. The quantitative estimate of drug-likeness (QED) is 0.263. The van der Waals surface area contributed by atoms with Crippen molar-refractivity contribution in [2.24, 2.45) is 4.99 Å². The van der Waals surface area contributed by atoms with Gasteiger partial charge in [-0.25, -0.2) is 0 Å². The summed E-state index contributed by atoms with van der Waals surface area (Å²) in [5.41, 5.74) is 4.59. The number of carbonyl (C=O) groups excluding carboxylic acids is 2. The Balaban J connectivity index is 1.78. The smallest absolute Gasteiger partial charge is 0.293 e. The zero-order valence-corrected chi connectivity index (χ0v) is 19.9. The first-order valence-corrected chi connectivity index (χ1v) is 11.8. The van der Waals surface area contributed by atoms with E-state index in [0.29, 0.717) is 30.9 Å². The third kappa shape index (κ3) is 5.39. The Hall–Kier alpha value is -3.61. The first-order valence-electron chi connectivity index (χ1n) is 11.8. The van der Waals surface area contributed by atoms with E-state index in [1.165, 1.54) is 0 Å². The molecule has 1 aliphatic heterocycles. The van der Waals surface area contributed by atoms with E-state index < -0.39 is 12.2 Å². The average Bonchev–Trinajstić information content (AvgIpc) is 2.90. The molecule has 4 rings (SSSR count). The second kappa shape index (κ2) is 11.7. The van der Waals surface area contributed by atoms with E-state index in [9.17, 15) is 9.59 Å². The SMILES string of the molecule is CCOC(OCC)c1cccc(C(COC=O)c2cccc3c2C(=O)C(c2ccccc2)C=N3)c1. The minimum atomic E-state index is -0.504. The first kappa shape index (κ1) is 24.5. The van der Waals surface area contributed by atoms with Gasteiger partial charge in [-0.3, -0.25) is 14.6 Å². The predicted octanol–water partition coefficient (Wildman–Crippen LogP) is 5.75. The Morgan fingerprint density at radius 3 is 2.34 bits per heavy atom. The van der Waals surface area contributed by atoms with Crippen molar-refractivity contribution >= 4 is 24.2 Å². The number of rotatable bonds is 11. The molecule has 2 unspecified atom stereocenters. The Morgan fingerprint density at radius 2 is 1.63 bits per heavy atom. The van der Waals surface area contributed by atoms with Crippen molar-refractivity contribution in [2.75, 3.05) is 19.8 Å². The van der Waals surface area contributed by atoms with Gasteiger partial charge in [0.05, 0.1) is 11.6 Å². The van der Waals surface area contributed by atoms with Crippen LogP contribution in [0, 0.1) is 0 Å². The highest BCUT2D eigenvalue weighted by Gasteiger charge is 2.31. The van der Waals surface area contributed by atoms with Gasteiger partial charge in [0, 0.05) is 36.5 Å². The van der Waals surface area contributed by atoms with Gasteiger partial charge in [0.2, 0.25) is 0 Å². The van der Waals surface area contributed by atoms with Crippen molar-refractivity contribution in [1.29, 1.82) is 0 Å². The Kier molecular flexibility index (Phi) is 8.19. The number of carbonyl (C=O) groups is 2. The van der Waals surface area contributed by atoms with Gasteiger partial charge in [-0.2, -0.15) is 0 Å². The zero-order chi connectivity index (χ0) is 24.6. The van der Waals surface area contributed by atoms with Crippen LogP contribution in [-0.4, -0.2) is 38.3 Å². The molecule has 0 spiro atoms. The minimum Gasteiger partial charge on any atom is -0.467 e. The van der Waals surface area contributed by atoms with Crippen molar-refractivity contribution in [3.8, 4) is 0 Å². The van der Waals surface area contributed by atoms with Gasteiger partial charge in [0.15, 0.2) is 12.1 Å². The van der Waals surface area contributed by atoms with Gasteiger partial charge in [-0.1, -0.05) is 60.7 Å². The summed E-state index contributed by atoms with van der Waals surface area (Å²) in [7, 11) is 0. The number of Topliss-reactive ketones (excluding diaryl/α,β-unsaturated/α-hetero) is 1. The summed E-state index contributed by atoms with van der Waals surface area (Å²) in [6, 6.07) is 23.0. The fraction of sp³-hybridized carbons (Fsp3) is 0.276. The van der Waals surface area contributed by atoms with Gasteiger partial charge >= 0.3 is 0 Å². The molecule has 1 aliphatic rings. The molecule has 3 aromatic carbocycles. The van der Waals surface area contributed by atoms with E-state index in [2.05, 4.69) is 4.99 Å². The lowest BCUT2D eigenvalue weighted by Crippen LogP contribution is -2.22. The molecular formula is C29H29NO5. The number of aliphatic imine (C=N–C) groups is 1. The number of fused-ring (bicyclic) bond motifs is 1. The number of ketones is 1. The molecule has 0 fully saturated rings. The number of benzene rings is 3. The van der Waals surface area contributed by atoms with Gasteiger partial charge in [0.1, 0.15) is 6.61 Å². The molecule has 180 valence electrons. The monoisotopic (exact) mass is 471 g/mol. The molecular weight excluding hydrogens is 442 g/mol. The second-order valence-corrected chi connectivity index (χ2v) is 8.17. The molecule has 2 atom stereocenters. The van der Waals surface area contributed by atoms with Gasteiger partial charge < -0.3 is 14.2 Å². The molecule has 6 nitrogen and oxygen atoms in total. The van der Waals surface area contributed by atoms with E-state index in [4.69, 9.17) is 14.2 Å². The molecule has 0 N–H and O–H groups in total. The van der Waals surface area contributed by atoms with Crippen LogP contribution in [0.2, 0.25) is 0 Å². The summed E-state index contributed by atoms with van der Waals surface area (Å²) < 4.78 is 16.8. The van der Waals surface area contributed by atoms with Crippen LogP contribution in [0.4, 0.5) is 5.69 Å². The second-order valence-electron chi connectivity index (χ2n) is 8.17. The van der Waals surface area contributed by atoms with E-state index in [1.54, 1.807) is 6.21 Å². The van der Waals surface area contributed by atoms with Crippen LogP contribution < -0.4 is 0 Å². The molecule has 0 aromatic heterocycles. The van der Waals surface area contributed by atoms with Crippen molar-refractivity contribution in [2.45, 2.75) is 32.0 Å². The van der Waals surface area contributed by atoms with Crippen LogP contribution in [0.15, 0.2) is 77.8 Å². The summed E-state index contributed by atoms with van der Waals surface area (Å²) >= 11 is 0. The summed E-state index contributed by atoms with van der Waals surface area (Å²) in [4.78, 5) is 29.5. The van der Waals surface area contributed by atoms with Crippen molar-refractivity contribution in [1.82, 2.24) is 0 Å².